The number of aromatic carboxylic acids is 1. The minimum atomic E-state index is -1.36. The number of carbonyl (C=O) groups is 1. The summed E-state index contributed by atoms with van der Waals surface area (Å²) in [5.74, 6) is -2.83. The van der Waals surface area contributed by atoms with Crippen LogP contribution in [-0.4, -0.2) is 21.2 Å². The van der Waals surface area contributed by atoms with E-state index in [1.165, 1.54) is 12.1 Å². The van der Waals surface area contributed by atoms with Gasteiger partial charge in [0, 0.05) is 0 Å². The van der Waals surface area contributed by atoms with E-state index >= 15 is 0 Å². The van der Waals surface area contributed by atoms with Gasteiger partial charge in [-0.25, -0.2) is 9.18 Å². The van der Waals surface area contributed by atoms with E-state index in [0.29, 0.717) is 0 Å². The highest BCUT2D eigenvalue weighted by Crippen LogP contribution is 2.28. The van der Waals surface area contributed by atoms with Crippen molar-refractivity contribution in [3.05, 3.63) is 34.9 Å². The third kappa shape index (κ3) is 1.74. The Balaban J connectivity index is 2.54. The van der Waals surface area contributed by atoms with E-state index in [4.69, 9.17) is 16.7 Å². The van der Waals surface area contributed by atoms with Crippen LogP contribution in [0, 0.1) is 5.82 Å². The molecule has 2 aromatic rings. The lowest BCUT2D eigenvalue weighted by Crippen LogP contribution is -1.98. The Morgan fingerprint density at radius 3 is 2.81 bits per heavy atom. The lowest BCUT2D eigenvalue weighted by Gasteiger charge is -1.98. The molecule has 1 heterocycles. The van der Waals surface area contributed by atoms with Gasteiger partial charge in [-0.1, -0.05) is 17.7 Å². The number of carboxylic acids is 1. The smallest absolute Gasteiger partial charge is 0.377 e. The van der Waals surface area contributed by atoms with Gasteiger partial charge in [0.05, 0.1) is 10.6 Å². The maximum absolute atomic E-state index is 13.4. The monoisotopic (exact) mass is 242 g/mol. The van der Waals surface area contributed by atoms with E-state index in [-0.39, 0.29) is 16.5 Å². The largest absolute Gasteiger partial charge is 0.475 e. The predicted molar refractivity (Wildman–Crippen MR) is 51.7 cm³/mol. The second-order valence-corrected chi connectivity index (χ2v) is 3.23. The number of hydrogen-bond acceptors (Lipinski definition) is 4. The van der Waals surface area contributed by atoms with Crippen molar-refractivity contribution in [2.24, 2.45) is 0 Å². The molecule has 0 radical (unpaired) electrons. The van der Waals surface area contributed by atoms with Gasteiger partial charge >= 0.3 is 5.97 Å². The molecule has 2 rings (SSSR count). The predicted octanol–water partition coefficient (Wildman–Crippen LogP) is 2.23. The molecular formula is C9H4ClFN2O3. The summed E-state index contributed by atoms with van der Waals surface area (Å²) in [7, 11) is 0. The van der Waals surface area contributed by atoms with Gasteiger partial charge in [-0.2, -0.15) is 4.98 Å². The van der Waals surface area contributed by atoms with Crippen LogP contribution in [0.5, 0.6) is 0 Å². The van der Waals surface area contributed by atoms with Crippen LogP contribution in [0.4, 0.5) is 4.39 Å². The summed E-state index contributed by atoms with van der Waals surface area (Å²) in [4.78, 5) is 14.0. The van der Waals surface area contributed by atoms with Crippen LogP contribution in [-0.2, 0) is 0 Å². The van der Waals surface area contributed by atoms with E-state index in [9.17, 15) is 9.18 Å². The zero-order valence-electron chi connectivity index (χ0n) is 7.65. The Labute approximate surface area is 93.5 Å². The fourth-order valence-electron chi connectivity index (χ4n) is 1.11. The second-order valence-electron chi connectivity index (χ2n) is 2.82. The number of nitrogens with zero attached hydrogens (tertiary/aromatic N) is 2. The molecule has 0 saturated carbocycles. The van der Waals surface area contributed by atoms with Crippen molar-refractivity contribution in [2.45, 2.75) is 0 Å². The molecule has 1 N–H and O–H groups in total. The standard InChI is InChI=1S/C9H4ClFN2O3/c10-4-2-1-3-5(11)6(4)8-12-7(9(14)15)13-16-8/h1-3H,(H,14,15). The fraction of sp³-hybridized carbons (Fsp3) is 0. The van der Waals surface area contributed by atoms with Gasteiger partial charge in [-0.15, -0.1) is 0 Å². The summed E-state index contributed by atoms with van der Waals surface area (Å²) >= 11 is 5.74. The SMILES string of the molecule is O=C(O)c1noc(-c2c(F)cccc2Cl)n1. The molecule has 5 nitrogen and oxygen atoms in total. The fourth-order valence-corrected chi connectivity index (χ4v) is 1.36. The van der Waals surface area contributed by atoms with Crippen molar-refractivity contribution in [1.29, 1.82) is 0 Å². The first kappa shape index (κ1) is 10.6. The summed E-state index contributed by atoms with van der Waals surface area (Å²) in [5, 5.41) is 11.8. The minimum absolute atomic E-state index is 0.0700. The highest BCUT2D eigenvalue weighted by molar-refractivity contribution is 6.33. The van der Waals surface area contributed by atoms with Crippen molar-refractivity contribution < 1.29 is 18.8 Å². The van der Waals surface area contributed by atoms with Crippen molar-refractivity contribution >= 4 is 17.6 Å². The van der Waals surface area contributed by atoms with Gasteiger partial charge in [0.25, 0.3) is 11.7 Å². The van der Waals surface area contributed by atoms with Gasteiger partial charge < -0.3 is 9.63 Å². The van der Waals surface area contributed by atoms with E-state index < -0.39 is 17.6 Å². The molecule has 0 aliphatic heterocycles. The van der Waals surface area contributed by atoms with Crippen LogP contribution in [0.15, 0.2) is 22.7 Å². The first-order valence-corrected chi connectivity index (χ1v) is 4.49. The van der Waals surface area contributed by atoms with Crippen molar-refractivity contribution in [2.75, 3.05) is 0 Å². The van der Waals surface area contributed by atoms with Crippen molar-refractivity contribution in [1.82, 2.24) is 10.1 Å². The van der Waals surface area contributed by atoms with Crippen LogP contribution >= 0.6 is 11.6 Å². The van der Waals surface area contributed by atoms with E-state index in [1.807, 2.05) is 0 Å². The summed E-state index contributed by atoms with van der Waals surface area (Å²) in [6.07, 6.45) is 0. The molecule has 0 atom stereocenters. The highest BCUT2D eigenvalue weighted by atomic mass is 35.5. The molecule has 16 heavy (non-hydrogen) atoms. The Kier molecular flexibility index (Phi) is 2.57. The zero-order chi connectivity index (χ0) is 11.7. The molecule has 1 aromatic heterocycles. The maximum atomic E-state index is 13.4. The number of hydrogen-bond donors (Lipinski definition) is 1. The Morgan fingerprint density at radius 2 is 2.25 bits per heavy atom. The maximum Gasteiger partial charge on any atom is 0.377 e. The van der Waals surface area contributed by atoms with Crippen LogP contribution in [0.25, 0.3) is 11.5 Å². The molecule has 0 spiro atoms. The first-order valence-electron chi connectivity index (χ1n) is 4.11. The van der Waals surface area contributed by atoms with Crippen molar-refractivity contribution in [3.8, 4) is 11.5 Å². The number of benzene rings is 1. The van der Waals surface area contributed by atoms with Gasteiger partial charge in [-0.3, -0.25) is 0 Å². The molecule has 0 unspecified atom stereocenters. The third-order valence-corrected chi connectivity index (χ3v) is 2.11. The molecule has 0 aliphatic carbocycles. The highest BCUT2D eigenvalue weighted by Gasteiger charge is 2.19. The van der Waals surface area contributed by atoms with Crippen molar-refractivity contribution in [3.63, 3.8) is 0 Å². The Hall–Kier alpha value is -1.95. The molecule has 0 amide bonds. The first-order chi connectivity index (χ1) is 7.59. The van der Waals surface area contributed by atoms with E-state index in [0.717, 1.165) is 6.07 Å². The topological polar surface area (TPSA) is 76.2 Å². The molecule has 1 aromatic carbocycles. The van der Waals surface area contributed by atoms with E-state index in [1.54, 1.807) is 0 Å². The average Bonchev–Trinajstić information content (AvgIpc) is 2.66. The number of rotatable bonds is 2. The van der Waals surface area contributed by atoms with Crippen LogP contribution in [0.1, 0.15) is 10.6 Å². The van der Waals surface area contributed by atoms with Gasteiger partial charge in [0.2, 0.25) is 0 Å². The van der Waals surface area contributed by atoms with Crippen LogP contribution < -0.4 is 0 Å². The second kappa shape index (κ2) is 3.90. The number of aromatic nitrogens is 2. The average molecular weight is 243 g/mol. The summed E-state index contributed by atoms with van der Waals surface area (Å²) in [5.41, 5.74) is -0.107. The zero-order valence-corrected chi connectivity index (χ0v) is 8.40. The molecule has 0 saturated heterocycles. The molecule has 0 fully saturated rings. The van der Waals surface area contributed by atoms with Gasteiger partial charge in [-0.05, 0) is 17.3 Å². The summed E-state index contributed by atoms with van der Waals surface area (Å²) in [6.45, 7) is 0. The van der Waals surface area contributed by atoms with Gasteiger partial charge in [0.15, 0.2) is 0 Å². The normalized spacial score (nSPS) is 10.4. The summed E-state index contributed by atoms with van der Waals surface area (Å²) < 4.78 is 18.0. The molecular weight excluding hydrogens is 239 g/mol. The molecule has 82 valence electrons. The van der Waals surface area contributed by atoms with E-state index in [2.05, 4.69) is 14.7 Å². The Morgan fingerprint density at radius 1 is 1.50 bits per heavy atom. The molecule has 0 bridgehead atoms. The van der Waals surface area contributed by atoms with Crippen LogP contribution in [0.3, 0.4) is 0 Å². The van der Waals surface area contributed by atoms with Gasteiger partial charge in [0.1, 0.15) is 5.82 Å². The quantitative estimate of drug-likeness (QED) is 0.874. The summed E-state index contributed by atoms with van der Waals surface area (Å²) in [6, 6.07) is 4.01. The van der Waals surface area contributed by atoms with Crippen LogP contribution in [0.2, 0.25) is 5.02 Å². The number of carboxylic acid groups (broad SMARTS) is 1. The third-order valence-electron chi connectivity index (χ3n) is 1.79. The lowest BCUT2D eigenvalue weighted by molar-refractivity contribution is 0.0680. The number of halogens is 2. The molecule has 0 aliphatic rings. The lowest BCUT2D eigenvalue weighted by atomic mass is 10.2. The Bertz CT molecular complexity index is 535. The minimum Gasteiger partial charge on any atom is -0.475 e. The molecule has 7 heteroatoms.